The van der Waals surface area contributed by atoms with Crippen molar-refractivity contribution in [2.45, 2.75) is 6.92 Å². The molecule has 0 aliphatic heterocycles. The number of hydrogen-bond acceptors (Lipinski definition) is 3. The van der Waals surface area contributed by atoms with Gasteiger partial charge in [-0.1, -0.05) is 0 Å². The highest BCUT2D eigenvalue weighted by Crippen LogP contribution is 2.13. The lowest BCUT2D eigenvalue weighted by Gasteiger charge is -1.86. The number of aryl methyl sites for hydroxylation is 1. The first-order chi connectivity index (χ1) is 7.65. The van der Waals surface area contributed by atoms with Gasteiger partial charge in [-0.05, 0) is 43.3 Å². The van der Waals surface area contributed by atoms with Crippen LogP contribution in [0.15, 0.2) is 33.1 Å². The zero-order chi connectivity index (χ0) is 11.5. The van der Waals surface area contributed by atoms with Gasteiger partial charge in [-0.2, -0.15) is 0 Å². The van der Waals surface area contributed by atoms with Crippen molar-refractivity contribution in [3.63, 3.8) is 0 Å². The molecule has 0 saturated heterocycles. The van der Waals surface area contributed by atoms with E-state index in [1.165, 1.54) is 6.07 Å². The summed E-state index contributed by atoms with van der Waals surface area (Å²) in [4.78, 5) is 10.6. The molecule has 16 heavy (non-hydrogen) atoms. The first-order valence-corrected chi connectivity index (χ1v) is 4.73. The zero-order valence-electron chi connectivity index (χ0n) is 8.64. The molecular formula is C12H10O4. The van der Waals surface area contributed by atoms with E-state index in [0.717, 1.165) is 5.76 Å². The van der Waals surface area contributed by atoms with Gasteiger partial charge in [0.1, 0.15) is 17.3 Å². The van der Waals surface area contributed by atoms with E-state index >= 15 is 0 Å². The lowest BCUT2D eigenvalue weighted by molar-refractivity contribution is 0.0662. The molecular weight excluding hydrogens is 208 g/mol. The lowest BCUT2D eigenvalue weighted by Crippen LogP contribution is -1.91. The zero-order valence-corrected chi connectivity index (χ0v) is 8.64. The van der Waals surface area contributed by atoms with Crippen LogP contribution in [-0.2, 0) is 0 Å². The van der Waals surface area contributed by atoms with Crippen molar-refractivity contribution in [1.82, 2.24) is 0 Å². The van der Waals surface area contributed by atoms with E-state index in [9.17, 15) is 4.79 Å². The van der Waals surface area contributed by atoms with Crippen LogP contribution in [0.5, 0.6) is 0 Å². The maximum Gasteiger partial charge on any atom is 0.371 e. The van der Waals surface area contributed by atoms with Gasteiger partial charge in [0.15, 0.2) is 0 Å². The summed E-state index contributed by atoms with van der Waals surface area (Å²) in [7, 11) is 0. The van der Waals surface area contributed by atoms with Crippen LogP contribution in [0.25, 0.3) is 12.2 Å². The summed E-state index contributed by atoms with van der Waals surface area (Å²) in [5, 5.41) is 8.65. The Hall–Kier alpha value is -2.23. The molecule has 0 aliphatic rings. The van der Waals surface area contributed by atoms with Crippen LogP contribution in [0.1, 0.15) is 27.8 Å². The van der Waals surface area contributed by atoms with Crippen LogP contribution in [0, 0.1) is 6.92 Å². The van der Waals surface area contributed by atoms with Gasteiger partial charge in [-0.3, -0.25) is 0 Å². The largest absolute Gasteiger partial charge is 0.475 e. The van der Waals surface area contributed by atoms with Gasteiger partial charge in [-0.25, -0.2) is 4.79 Å². The molecule has 1 N–H and O–H groups in total. The van der Waals surface area contributed by atoms with Crippen molar-refractivity contribution in [2.75, 3.05) is 0 Å². The fourth-order valence-electron chi connectivity index (χ4n) is 1.26. The fourth-order valence-corrected chi connectivity index (χ4v) is 1.26. The van der Waals surface area contributed by atoms with Gasteiger partial charge in [0.05, 0.1) is 0 Å². The molecule has 2 aromatic rings. The van der Waals surface area contributed by atoms with Gasteiger partial charge in [-0.15, -0.1) is 0 Å². The van der Waals surface area contributed by atoms with Gasteiger partial charge >= 0.3 is 5.97 Å². The average Bonchev–Trinajstić information content (AvgIpc) is 2.83. The molecule has 0 aromatic carbocycles. The van der Waals surface area contributed by atoms with Crippen LogP contribution in [0.4, 0.5) is 0 Å². The fraction of sp³-hybridized carbons (Fsp3) is 0.0833. The summed E-state index contributed by atoms with van der Waals surface area (Å²) in [6.07, 6.45) is 3.38. The van der Waals surface area contributed by atoms with Crippen molar-refractivity contribution in [2.24, 2.45) is 0 Å². The third kappa shape index (κ3) is 2.23. The second kappa shape index (κ2) is 4.10. The second-order valence-electron chi connectivity index (χ2n) is 3.29. The molecule has 2 heterocycles. The summed E-state index contributed by atoms with van der Waals surface area (Å²) in [5.74, 6) is 0.853. The van der Waals surface area contributed by atoms with E-state index < -0.39 is 5.97 Å². The third-order valence-electron chi connectivity index (χ3n) is 2.01. The Morgan fingerprint density at radius 3 is 2.25 bits per heavy atom. The Kier molecular flexibility index (Phi) is 2.64. The number of hydrogen-bond donors (Lipinski definition) is 1. The molecule has 0 saturated carbocycles. The normalized spacial score (nSPS) is 11.1. The molecule has 0 atom stereocenters. The highest BCUT2D eigenvalue weighted by molar-refractivity contribution is 5.84. The topological polar surface area (TPSA) is 63.6 Å². The Bertz CT molecular complexity index is 531. The van der Waals surface area contributed by atoms with Crippen LogP contribution in [0.3, 0.4) is 0 Å². The maximum absolute atomic E-state index is 10.6. The molecule has 0 aliphatic carbocycles. The molecule has 2 aromatic heterocycles. The number of furan rings is 2. The minimum absolute atomic E-state index is 0.0738. The minimum atomic E-state index is -1.08. The number of aromatic carboxylic acids is 1. The first-order valence-electron chi connectivity index (χ1n) is 4.73. The van der Waals surface area contributed by atoms with Gasteiger partial charge < -0.3 is 13.9 Å². The molecule has 4 nitrogen and oxygen atoms in total. The van der Waals surface area contributed by atoms with E-state index in [2.05, 4.69) is 0 Å². The molecule has 0 fully saturated rings. The number of carboxylic acids is 1. The summed E-state index contributed by atoms with van der Waals surface area (Å²) in [6, 6.07) is 6.68. The molecule has 82 valence electrons. The quantitative estimate of drug-likeness (QED) is 0.859. The van der Waals surface area contributed by atoms with E-state index in [1.807, 2.05) is 19.1 Å². The summed E-state index contributed by atoms with van der Waals surface area (Å²) in [5.41, 5.74) is 0. The van der Waals surface area contributed by atoms with Gasteiger partial charge in [0.2, 0.25) is 5.76 Å². The molecule has 0 amide bonds. The van der Waals surface area contributed by atoms with Crippen LogP contribution in [-0.4, -0.2) is 11.1 Å². The van der Waals surface area contributed by atoms with Crippen LogP contribution < -0.4 is 0 Å². The molecule has 0 radical (unpaired) electrons. The molecule has 0 spiro atoms. The maximum atomic E-state index is 10.6. The van der Waals surface area contributed by atoms with Crippen LogP contribution in [0.2, 0.25) is 0 Å². The minimum Gasteiger partial charge on any atom is -0.475 e. The first kappa shape index (κ1) is 10.3. The molecule has 4 heteroatoms. The van der Waals surface area contributed by atoms with Crippen molar-refractivity contribution >= 4 is 18.1 Å². The van der Waals surface area contributed by atoms with E-state index in [4.69, 9.17) is 13.9 Å². The predicted octanol–water partition coefficient (Wildman–Crippen LogP) is 3.05. The van der Waals surface area contributed by atoms with Crippen LogP contribution >= 0.6 is 0 Å². The smallest absolute Gasteiger partial charge is 0.371 e. The highest BCUT2D eigenvalue weighted by Gasteiger charge is 2.06. The van der Waals surface area contributed by atoms with Crippen molar-refractivity contribution in [1.29, 1.82) is 0 Å². The van der Waals surface area contributed by atoms with E-state index in [1.54, 1.807) is 18.2 Å². The monoisotopic (exact) mass is 218 g/mol. The highest BCUT2D eigenvalue weighted by atomic mass is 16.4. The summed E-state index contributed by atoms with van der Waals surface area (Å²) < 4.78 is 10.4. The summed E-state index contributed by atoms with van der Waals surface area (Å²) in [6.45, 7) is 1.85. The van der Waals surface area contributed by atoms with Crippen molar-refractivity contribution < 1.29 is 18.7 Å². The number of rotatable bonds is 3. The Morgan fingerprint density at radius 1 is 1.12 bits per heavy atom. The van der Waals surface area contributed by atoms with Gasteiger partial charge in [0, 0.05) is 0 Å². The van der Waals surface area contributed by atoms with Crippen molar-refractivity contribution in [3.8, 4) is 0 Å². The Labute approximate surface area is 91.8 Å². The average molecular weight is 218 g/mol. The predicted molar refractivity (Wildman–Crippen MR) is 58.0 cm³/mol. The molecule has 0 unspecified atom stereocenters. The second-order valence-corrected chi connectivity index (χ2v) is 3.29. The summed E-state index contributed by atoms with van der Waals surface area (Å²) >= 11 is 0. The molecule has 0 bridgehead atoms. The number of carboxylic acid groups (broad SMARTS) is 1. The Balaban J connectivity index is 2.14. The molecule has 2 rings (SSSR count). The van der Waals surface area contributed by atoms with Crippen molar-refractivity contribution in [3.05, 3.63) is 47.3 Å². The SMILES string of the molecule is Cc1ccc(/C=C/c2ccc(C(=O)O)o2)o1. The van der Waals surface area contributed by atoms with Gasteiger partial charge in [0.25, 0.3) is 0 Å². The van der Waals surface area contributed by atoms with E-state index in [0.29, 0.717) is 11.5 Å². The number of carbonyl (C=O) groups is 1. The lowest BCUT2D eigenvalue weighted by atomic mass is 10.3. The third-order valence-corrected chi connectivity index (χ3v) is 2.01. The standard InChI is InChI=1S/C12H10O4/c1-8-2-3-9(15-8)4-5-10-6-7-11(16-10)12(13)14/h2-7H,1H3,(H,13,14)/b5-4+. The van der Waals surface area contributed by atoms with E-state index in [-0.39, 0.29) is 5.76 Å². The Morgan fingerprint density at radius 2 is 1.75 bits per heavy atom.